The number of rotatable bonds is 10. The van der Waals surface area contributed by atoms with Crippen molar-refractivity contribution in [1.82, 2.24) is 19.4 Å². The first kappa shape index (κ1) is 29.6. The molecule has 0 N–H and O–H groups in total. The van der Waals surface area contributed by atoms with Crippen molar-refractivity contribution in [2.75, 3.05) is 33.9 Å². The first-order chi connectivity index (χ1) is 20.9. The van der Waals surface area contributed by atoms with Gasteiger partial charge in [-0.05, 0) is 56.3 Å². The van der Waals surface area contributed by atoms with Gasteiger partial charge in [0.2, 0.25) is 5.88 Å². The van der Waals surface area contributed by atoms with Crippen LogP contribution in [0.5, 0.6) is 5.88 Å². The van der Waals surface area contributed by atoms with Crippen LogP contribution in [0.4, 0.5) is 4.39 Å². The Hall–Kier alpha value is -4.84. The number of imidazole rings is 1. The van der Waals surface area contributed by atoms with E-state index >= 15 is 0 Å². The Bertz CT molecular complexity index is 1720. The van der Waals surface area contributed by atoms with Crippen molar-refractivity contribution in [2.24, 2.45) is 0 Å². The first-order valence-corrected chi connectivity index (χ1v) is 13.9. The molecule has 10 nitrogen and oxygen atoms in total. The minimum Gasteiger partial charge on any atom is -0.473 e. The van der Waals surface area contributed by atoms with Gasteiger partial charge >= 0.3 is 5.97 Å². The van der Waals surface area contributed by atoms with Crippen LogP contribution < -0.4 is 4.74 Å². The van der Waals surface area contributed by atoms with Crippen LogP contribution >= 0.6 is 0 Å². The molecule has 11 heteroatoms. The molecule has 0 radical (unpaired) electrons. The van der Waals surface area contributed by atoms with Crippen molar-refractivity contribution >= 4 is 17.0 Å². The molecule has 0 spiro atoms. The van der Waals surface area contributed by atoms with Gasteiger partial charge in [0.15, 0.2) is 0 Å². The van der Waals surface area contributed by atoms with Crippen LogP contribution in [0.15, 0.2) is 48.5 Å². The smallest absolute Gasteiger partial charge is 0.337 e. The van der Waals surface area contributed by atoms with Crippen LogP contribution in [-0.2, 0) is 29.2 Å². The number of hydrogen-bond acceptors (Lipinski definition) is 9. The molecule has 0 amide bonds. The largest absolute Gasteiger partial charge is 0.473 e. The number of carbonyl (C=O) groups is 1. The Labute approximate surface area is 248 Å². The molecule has 2 aromatic carbocycles. The van der Waals surface area contributed by atoms with Gasteiger partial charge < -0.3 is 18.8 Å². The molecular formula is C32H31FN6O4. The highest BCUT2D eigenvalue weighted by Crippen LogP contribution is 2.30. The average Bonchev–Trinajstić information content (AvgIpc) is 3.39. The molecule has 43 heavy (non-hydrogen) atoms. The zero-order valence-electron chi connectivity index (χ0n) is 24.0. The number of carbonyl (C=O) groups excluding carboxylic acids is 1. The summed E-state index contributed by atoms with van der Waals surface area (Å²) in [5.41, 5.74) is 3.43. The van der Waals surface area contributed by atoms with Crippen molar-refractivity contribution in [3.63, 3.8) is 0 Å². The minimum absolute atomic E-state index is 0.0190. The van der Waals surface area contributed by atoms with Crippen LogP contribution in [0, 0.1) is 28.5 Å². The minimum atomic E-state index is -0.508. The summed E-state index contributed by atoms with van der Waals surface area (Å²) in [6.45, 7) is 3.21. The number of nitriles is 2. The van der Waals surface area contributed by atoms with Crippen LogP contribution in [0.3, 0.4) is 0 Å². The summed E-state index contributed by atoms with van der Waals surface area (Å²) in [7, 11) is 2.94. The Morgan fingerprint density at radius 2 is 1.88 bits per heavy atom. The van der Waals surface area contributed by atoms with E-state index in [0.717, 1.165) is 37.4 Å². The van der Waals surface area contributed by atoms with E-state index in [4.69, 9.17) is 29.4 Å². The monoisotopic (exact) mass is 582 g/mol. The highest BCUT2D eigenvalue weighted by Gasteiger charge is 2.25. The number of piperidine rings is 1. The molecule has 1 saturated heterocycles. The molecule has 4 aromatic rings. The third-order valence-electron chi connectivity index (χ3n) is 7.67. The van der Waals surface area contributed by atoms with Crippen LogP contribution in [0.25, 0.3) is 11.0 Å². The molecule has 220 valence electrons. The van der Waals surface area contributed by atoms with Gasteiger partial charge in [0.25, 0.3) is 0 Å². The predicted octanol–water partition coefficient (Wildman–Crippen LogP) is 4.71. The van der Waals surface area contributed by atoms with Crippen molar-refractivity contribution in [3.8, 4) is 18.0 Å². The molecule has 1 aliphatic rings. The van der Waals surface area contributed by atoms with Gasteiger partial charge in [-0.25, -0.2) is 19.2 Å². The summed E-state index contributed by atoms with van der Waals surface area (Å²) in [5.74, 6) is 0.478. The topological polar surface area (TPSA) is 126 Å². The van der Waals surface area contributed by atoms with E-state index in [2.05, 4.69) is 11.0 Å². The fraction of sp³-hybridized carbons (Fsp3) is 0.344. The van der Waals surface area contributed by atoms with Crippen molar-refractivity contribution in [2.45, 2.75) is 38.5 Å². The first-order valence-electron chi connectivity index (χ1n) is 13.9. The maximum atomic E-state index is 14.3. The number of ether oxygens (including phenoxy) is 3. The molecule has 5 rings (SSSR count). The molecule has 0 bridgehead atoms. The highest BCUT2D eigenvalue weighted by molar-refractivity contribution is 5.96. The van der Waals surface area contributed by atoms with Gasteiger partial charge in [-0.15, -0.1) is 0 Å². The van der Waals surface area contributed by atoms with Crippen molar-refractivity contribution < 1.29 is 23.4 Å². The lowest BCUT2D eigenvalue weighted by molar-refractivity contribution is 0.0601. The van der Waals surface area contributed by atoms with Crippen LogP contribution in [0.1, 0.15) is 57.3 Å². The second-order valence-electron chi connectivity index (χ2n) is 10.3. The van der Waals surface area contributed by atoms with Crippen molar-refractivity contribution in [3.05, 3.63) is 88.1 Å². The maximum Gasteiger partial charge on any atom is 0.337 e. The zero-order valence-corrected chi connectivity index (χ0v) is 24.0. The fourth-order valence-electron chi connectivity index (χ4n) is 5.36. The number of esters is 1. The normalized spacial score (nSPS) is 13.9. The standard InChI is InChI=1S/C32H31FN6O4/c1-41-13-12-39-28-16-24(32(40)42-2)15-25(18-35)31(28)37-29(39)19-38-10-8-22(9-11-38)27-4-3-5-30(36-27)43-20-23-7-6-21(17-34)14-26(23)33/h3-7,14-16,22H,8-13,19-20H2,1-2H3. The van der Waals surface area contributed by atoms with E-state index in [1.54, 1.807) is 31.4 Å². The summed E-state index contributed by atoms with van der Waals surface area (Å²) >= 11 is 0. The molecular weight excluding hydrogens is 551 g/mol. The van der Waals surface area contributed by atoms with Crippen LogP contribution in [0.2, 0.25) is 0 Å². The fourth-order valence-corrected chi connectivity index (χ4v) is 5.36. The van der Waals surface area contributed by atoms with Crippen LogP contribution in [-0.4, -0.2) is 59.3 Å². The van der Waals surface area contributed by atoms with Gasteiger partial charge in [-0.3, -0.25) is 4.90 Å². The van der Waals surface area contributed by atoms with E-state index in [0.29, 0.717) is 53.3 Å². The Balaban J connectivity index is 1.27. The van der Waals surface area contributed by atoms with E-state index in [1.807, 2.05) is 22.8 Å². The van der Waals surface area contributed by atoms with Gasteiger partial charge in [-0.1, -0.05) is 12.1 Å². The SMILES string of the molecule is COCCn1c(CN2CCC(c3cccc(OCc4ccc(C#N)cc4F)n3)CC2)nc2c(C#N)cc(C(=O)OC)cc21. The van der Waals surface area contributed by atoms with E-state index < -0.39 is 11.8 Å². The second-order valence-corrected chi connectivity index (χ2v) is 10.3. The van der Waals surface area contributed by atoms with Gasteiger partial charge in [0.1, 0.15) is 29.8 Å². The molecule has 1 aliphatic heterocycles. The number of nitrogens with zero attached hydrogens (tertiary/aromatic N) is 6. The summed E-state index contributed by atoms with van der Waals surface area (Å²) in [6.07, 6.45) is 1.77. The lowest BCUT2D eigenvalue weighted by Crippen LogP contribution is -2.33. The third kappa shape index (κ3) is 6.64. The number of pyridine rings is 1. The van der Waals surface area contributed by atoms with Gasteiger partial charge in [-0.2, -0.15) is 10.5 Å². The van der Waals surface area contributed by atoms with E-state index in [1.165, 1.54) is 19.2 Å². The van der Waals surface area contributed by atoms with Gasteiger partial charge in [0.05, 0.1) is 48.5 Å². The highest BCUT2D eigenvalue weighted by atomic mass is 19.1. The maximum absolute atomic E-state index is 14.3. The molecule has 3 heterocycles. The third-order valence-corrected chi connectivity index (χ3v) is 7.67. The number of aromatic nitrogens is 3. The van der Waals surface area contributed by atoms with Crippen molar-refractivity contribution in [1.29, 1.82) is 10.5 Å². The Morgan fingerprint density at radius 1 is 1.07 bits per heavy atom. The number of benzene rings is 2. The average molecular weight is 583 g/mol. The Kier molecular flexibility index (Phi) is 9.26. The van der Waals surface area contributed by atoms with E-state index in [-0.39, 0.29) is 18.1 Å². The molecule has 2 aromatic heterocycles. The zero-order chi connectivity index (χ0) is 30.3. The summed E-state index contributed by atoms with van der Waals surface area (Å²) in [4.78, 5) is 24.1. The summed E-state index contributed by atoms with van der Waals surface area (Å²) in [6, 6.07) is 17.3. The number of halogens is 1. The summed E-state index contributed by atoms with van der Waals surface area (Å²) in [5, 5.41) is 18.7. The molecule has 0 unspecified atom stereocenters. The lowest BCUT2D eigenvalue weighted by Gasteiger charge is -2.31. The van der Waals surface area contributed by atoms with E-state index in [9.17, 15) is 14.4 Å². The molecule has 0 saturated carbocycles. The molecule has 1 fully saturated rings. The Morgan fingerprint density at radius 3 is 2.58 bits per heavy atom. The number of hydrogen-bond donors (Lipinski definition) is 0. The number of methoxy groups -OCH3 is 2. The van der Waals surface area contributed by atoms with Gasteiger partial charge in [0, 0.05) is 36.9 Å². The number of likely N-dealkylation sites (tertiary alicyclic amines) is 1. The second kappa shape index (κ2) is 13.4. The molecule has 0 atom stereocenters. The predicted molar refractivity (Wildman–Crippen MR) is 155 cm³/mol. The molecule has 0 aliphatic carbocycles. The number of fused-ring (bicyclic) bond motifs is 1. The summed E-state index contributed by atoms with van der Waals surface area (Å²) < 4.78 is 32.3. The lowest BCUT2D eigenvalue weighted by atomic mass is 9.93. The quantitative estimate of drug-likeness (QED) is 0.244.